The fourth-order valence-corrected chi connectivity index (χ4v) is 4.85. The van der Waals surface area contributed by atoms with E-state index in [1.54, 1.807) is 6.20 Å². The third-order valence-electron chi connectivity index (χ3n) is 6.47. The Morgan fingerprint density at radius 2 is 1.94 bits per heavy atom. The minimum atomic E-state index is -0.451. The van der Waals surface area contributed by atoms with Gasteiger partial charge in [0.15, 0.2) is 11.9 Å². The molecular weight excluding hydrogens is 406 g/mol. The summed E-state index contributed by atoms with van der Waals surface area (Å²) >= 11 is 0. The monoisotopic (exact) mass is 437 g/mol. The standard InChI is InChI=1S/C25H31N3O4/c1-25(2,3)32-24(29)27-11-18-19-13-28(14-20(18)19)12-16-6-8-17(9-7-16)22-15-30-21-5-4-10-26-23(21)31-22/h4-10,18-20,22H,11-15H2,1-3H3,(H,27,29)/t18?,19-,20+,22-/m1/s1. The Morgan fingerprint density at radius 3 is 2.66 bits per heavy atom. The van der Waals surface area contributed by atoms with Gasteiger partial charge in [0, 0.05) is 32.4 Å². The van der Waals surface area contributed by atoms with Gasteiger partial charge < -0.3 is 19.5 Å². The summed E-state index contributed by atoms with van der Waals surface area (Å²) in [6.07, 6.45) is 1.27. The lowest BCUT2D eigenvalue weighted by molar-refractivity contribution is 0.0522. The number of nitrogens with zero attached hydrogens (tertiary/aromatic N) is 2. The molecule has 1 saturated heterocycles. The van der Waals surface area contributed by atoms with E-state index in [2.05, 4.69) is 39.5 Å². The maximum atomic E-state index is 11.9. The number of carbonyl (C=O) groups excluding carboxylic acids is 1. The van der Waals surface area contributed by atoms with E-state index in [0.29, 0.717) is 42.5 Å². The zero-order valence-electron chi connectivity index (χ0n) is 18.9. The molecule has 2 aliphatic heterocycles. The first-order valence-corrected chi connectivity index (χ1v) is 11.4. The largest absolute Gasteiger partial charge is 0.484 e. The lowest BCUT2D eigenvalue weighted by Crippen LogP contribution is -2.35. The summed E-state index contributed by atoms with van der Waals surface area (Å²) in [6, 6.07) is 12.3. The number of ether oxygens (including phenoxy) is 3. The second-order valence-corrected chi connectivity index (χ2v) is 10.0. The van der Waals surface area contributed by atoms with Gasteiger partial charge in [0.25, 0.3) is 5.88 Å². The molecule has 5 rings (SSSR count). The summed E-state index contributed by atoms with van der Waals surface area (Å²) in [4.78, 5) is 18.6. The summed E-state index contributed by atoms with van der Waals surface area (Å²) in [5.74, 6) is 3.21. The van der Waals surface area contributed by atoms with Crippen molar-refractivity contribution in [3.05, 3.63) is 53.7 Å². The molecule has 4 atom stereocenters. The molecule has 7 nitrogen and oxygen atoms in total. The van der Waals surface area contributed by atoms with E-state index in [4.69, 9.17) is 14.2 Å². The van der Waals surface area contributed by atoms with Gasteiger partial charge in [-0.25, -0.2) is 9.78 Å². The number of likely N-dealkylation sites (tertiary alicyclic amines) is 1. The van der Waals surface area contributed by atoms with Crippen molar-refractivity contribution in [3.8, 4) is 11.6 Å². The molecule has 2 fully saturated rings. The van der Waals surface area contributed by atoms with Gasteiger partial charge in [0.05, 0.1) is 0 Å². The average molecular weight is 438 g/mol. The van der Waals surface area contributed by atoms with Crippen molar-refractivity contribution >= 4 is 6.09 Å². The molecule has 7 heteroatoms. The molecule has 2 aromatic rings. The number of pyridine rings is 1. The van der Waals surface area contributed by atoms with E-state index in [1.165, 1.54) is 5.56 Å². The summed E-state index contributed by atoms with van der Waals surface area (Å²) < 4.78 is 17.1. The Labute approximate surface area is 189 Å². The first kappa shape index (κ1) is 21.1. The highest BCUT2D eigenvalue weighted by Crippen LogP contribution is 2.51. The van der Waals surface area contributed by atoms with Crippen LogP contribution in [0.1, 0.15) is 38.0 Å². The summed E-state index contributed by atoms with van der Waals surface area (Å²) in [5.41, 5.74) is 1.95. The van der Waals surface area contributed by atoms with Crippen molar-refractivity contribution in [2.75, 3.05) is 26.2 Å². The molecule has 1 unspecified atom stereocenters. The molecule has 1 amide bonds. The fraction of sp³-hybridized carbons (Fsp3) is 0.520. The second kappa shape index (κ2) is 8.28. The normalized spacial score (nSPS) is 26.3. The number of rotatable bonds is 5. The molecule has 0 radical (unpaired) electrons. The number of hydrogen-bond acceptors (Lipinski definition) is 6. The number of carbonyl (C=O) groups is 1. The van der Waals surface area contributed by atoms with Crippen LogP contribution in [0.3, 0.4) is 0 Å². The minimum Gasteiger partial charge on any atom is -0.484 e. The predicted octanol–water partition coefficient (Wildman–Crippen LogP) is 3.80. The lowest BCUT2D eigenvalue weighted by Gasteiger charge is -2.26. The van der Waals surface area contributed by atoms with Crippen molar-refractivity contribution in [1.82, 2.24) is 15.2 Å². The van der Waals surface area contributed by atoms with Crippen LogP contribution in [0.15, 0.2) is 42.6 Å². The van der Waals surface area contributed by atoms with E-state index in [9.17, 15) is 4.79 Å². The van der Waals surface area contributed by atoms with Crippen molar-refractivity contribution in [2.45, 2.75) is 39.0 Å². The van der Waals surface area contributed by atoms with Crippen LogP contribution in [0.4, 0.5) is 4.79 Å². The van der Waals surface area contributed by atoms with Gasteiger partial charge in [-0.2, -0.15) is 0 Å². The Hall–Kier alpha value is -2.80. The van der Waals surface area contributed by atoms with E-state index in [0.717, 1.165) is 25.2 Å². The lowest BCUT2D eigenvalue weighted by atomic mass is 10.1. The Balaban J connectivity index is 1.07. The zero-order chi connectivity index (χ0) is 22.3. The number of benzene rings is 1. The number of fused-ring (bicyclic) bond motifs is 2. The van der Waals surface area contributed by atoms with E-state index >= 15 is 0 Å². The summed E-state index contributed by atoms with van der Waals surface area (Å²) in [6.45, 7) is 10.00. The van der Waals surface area contributed by atoms with E-state index < -0.39 is 5.60 Å². The highest BCUT2D eigenvalue weighted by atomic mass is 16.6. The fourth-order valence-electron chi connectivity index (χ4n) is 4.85. The van der Waals surface area contributed by atoms with Gasteiger partial charge in [-0.3, -0.25) is 4.90 Å². The Kier molecular flexibility index (Phi) is 5.45. The third-order valence-corrected chi connectivity index (χ3v) is 6.47. The van der Waals surface area contributed by atoms with Crippen LogP contribution in [0.5, 0.6) is 11.6 Å². The van der Waals surface area contributed by atoms with Crippen molar-refractivity contribution < 1.29 is 19.0 Å². The predicted molar refractivity (Wildman–Crippen MR) is 120 cm³/mol. The topological polar surface area (TPSA) is 72.9 Å². The molecule has 1 N–H and O–H groups in total. The maximum Gasteiger partial charge on any atom is 0.407 e. The van der Waals surface area contributed by atoms with Gasteiger partial charge in [-0.05, 0) is 61.8 Å². The first-order chi connectivity index (χ1) is 15.4. The molecular formula is C25H31N3O4. The summed E-state index contributed by atoms with van der Waals surface area (Å²) in [7, 11) is 0. The van der Waals surface area contributed by atoms with E-state index in [1.807, 2.05) is 32.9 Å². The van der Waals surface area contributed by atoms with Crippen molar-refractivity contribution in [3.63, 3.8) is 0 Å². The quantitative estimate of drug-likeness (QED) is 0.767. The number of piperidine rings is 1. The molecule has 170 valence electrons. The van der Waals surface area contributed by atoms with Crippen LogP contribution in [-0.4, -0.2) is 47.8 Å². The van der Waals surface area contributed by atoms with Crippen molar-refractivity contribution in [2.24, 2.45) is 17.8 Å². The zero-order valence-corrected chi connectivity index (χ0v) is 18.9. The molecule has 3 heterocycles. The molecule has 0 spiro atoms. The molecule has 1 saturated carbocycles. The number of aromatic nitrogens is 1. The smallest absolute Gasteiger partial charge is 0.407 e. The molecule has 0 bridgehead atoms. The van der Waals surface area contributed by atoms with Crippen LogP contribution in [0.25, 0.3) is 0 Å². The van der Waals surface area contributed by atoms with Crippen molar-refractivity contribution in [1.29, 1.82) is 0 Å². The molecule has 32 heavy (non-hydrogen) atoms. The van der Waals surface area contributed by atoms with Gasteiger partial charge >= 0.3 is 6.09 Å². The van der Waals surface area contributed by atoms with Crippen LogP contribution in [0.2, 0.25) is 0 Å². The SMILES string of the molecule is CC(C)(C)OC(=O)NCC1[C@H]2CN(Cc3ccc([C@H]4COc5cccnc5O4)cc3)C[C@@H]12. The first-order valence-electron chi connectivity index (χ1n) is 11.4. The van der Waals surface area contributed by atoms with E-state index in [-0.39, 0.29) is 12.2 Å². The number of hydrogen-bond donors (Lipinski definition) is 1. The molecule has 3 aliphatic rings. The third kappa shape index (κ3) is 4.67. The van der Waals surface area contributed by atoms with Crippen LogP contribution in [-0.2, 0) is 11.3 Å². The second-order valence-electron chi connectivity index (χ2n) is 10.0. The number of alkyl carbamates (subject to hydrolysis) is 1. The Bertz CT molecular complexity index is 960. The number of nitrogens with one attached hydrogen (secondary N) is 1. The van der Waals surface area contributed by atoms with Gasteiger partial charge in [-0.15, -0.1) is 0 Å². The minimum absolute atomic E-state index is 0.135. The maximum absolute atomic E-state index is 11.9. The van der Waals surface area contributed by atoms with Gasteiger partial charge in [-0.1, -0.05) is 24.3 Å². The van der Waals surface area contributed by atoms with Crippen LogP contribution >= 0.6 is 0 Å². The van der Waals surface area contributed by atoms with Crippen LogP contribution in [0, 0.1) is 17.8 Å². The van der Waals surface area contributed by atoms with Gasteiger partial charge in [0.1, 0.15) is 12.2 Å². The Morgan fingerprint density at radius 1 is 1.19 bits per heavy atom. The number of amides is 1. The molecule has 1 aliphatic carbocycles. The summed E-state index contributed by atoms with van der Waals surface area (Å²) in [5, 5.41) is 2.93. The molecule has 1 aromatic heterocycles. The van der Waals surface area contributed by atoms with Gasteiger partial charge in [0.2, 0.25) is 0 Å². The van der Waals surface area contributed by atoms with Crippen LogP contribution < -0.4 is 14.8 Å². The average Bonchev–Trinajstić information content (AvgIpc) is 3.22. The highest BCUT2D eigenvalue weighted by Gasteiger charge is 2.55. The molecule has 1 aromatic carbocycles. The highest BCUT2D eigenvalue weighted by molar-refractivity contribution is 5.67.